The van der Waals surface area contributed by atoms with Crippen molar-refractivity contribution < 1.29 is 14.3 Å². The van der Waals surface area contributed by atoms with Gasteiger partial charge in [-0.1, -0.05) is 19.8 Å². The molecule has 0 radical (unpaired) electrons. The molecule has 3 heteroatoms. The van der Waals surface area contributed by atoms with Gasteiger partial charge in [0.05, 0.1) is 19.0 Å². The number of hydrogen-bond donors (Lipinski definition) is 0. The van der Waals surface area contributed by atoms with E-state index in [1.54, 1.807) is 6.08 Å². The molecule has 0 atom stereocenters. The number of carbonyl (C=O) groups is 1. The van der Waals surface area contributed by atoms with Crippen LogP contribution in [0.4, 0.5) is 0 Å². The molecule has 0 spiro atoms. The Bertz CT molecular complexity index is 303. The molecule has 1 heterocycles. The van der Waals surface area contributed by atoms with Gasteiger partial charge in [-0.2, -0.15) is 0 Å². The van der Waals surface area contributed by atoms with Gasteiger partial charge in [0.15, 0.2) is 0 Å². The Hall–Kier alpha value is -1.25. The van der Waals surface area contributed by atoms with Crippen molar-refractivity contribution in [2.24, 2.45) is 0 Å². The Morgan fingerprint density at radius 3 is 3.00 bits per heavy atom. The third-order valence-corrected chi connectivity index (χ3v) is 2.64. The lowest BCUT2D eigenvalue weighted by Crippen LogP contribution is -2.07. The Balaban J connectivity index is 2.50. The van der Waals surface area contributed by atoms with Crippen LogP contribution in [0.3, 0.4) is 0 Å². The highest BCUT2D eigenvalue weighted by atomic mass is 16.5. The van der Waals surface area contributed by atoms with Gasteiger partial charge in [-0.25, -0.2) is 4.79 Å². The van der Waals surface area contributed by atoms with Crippen molar-refractivity contribution in [2.75, 3.05) is 13.2 Å². The van der Waals surface area contributed by atoms with Crippen LogP contribution in [-0.4, -0.2) is 19.2 Å². The summed E-state index contributed by atoms with van der Waals surface area (Å²) in [5.74, 6) is 0.744. The molecule has 1 rings (SSSR count). The van der Waals surface area contributed by atoms with E-state index in [-0.39, 0.29) is 5.97 Å². The van der Waals surface area contributed by atoms with Crippen molar-refractivity contribution in [2.45, 2.75) is 46.0 Å². The third kappa shape index (κ3) is 5.57. The highest BCUT2D eigenvalue weighted by Crippen LogP contribution is 2.20. The van der Waals surface area contributed by atoms with Crippen molar-refractivity contribution in [1.82, 2.24) is 0 Å². The van der Waals surface area contributed by atoms with Crippen LogP contribution in [0.2, 0.25) is 0 Å². The van der Waals surface area contributed by atoms with Crippen LogP contribution in [0.1, 0.15) is 46.0 Å². The molecular formula is C14H22O3. The van der Waals surface area contributed by atoms with Crippen molar-refractivity contribution in [3.8, 4) is 0 Å². The quantitative estimate of drug-likeness (QED) is 0.404. The molecule has 0 unspecified atom stereocenters. The second-order valence-corrected chi connectivity index (χ2v) is 4.14. The summed E-state index contributed by atoms with van der Waals surface area (Å²) in [4.78, 5) is 11.3. The fourth-order valence-electron chi connectivity index (χ4n) is 1.76. The summed E-state index contributed by atoms with van der Waals surface area (Å²) in [6.45, 7) is 5.09. The third-order valence-electron chi connectivity index (χ3n) is 2.64. The van der Waals surface area contributed by atoms with Crippen LogP contribution < -0.4 is 0 Å². The maximum atomic E-state index is 11.3. The van der Waals surface area contributed by atoms with E-state index >= 15 is 0 Å². The molecule has 0 aromatic carbocycles. The number of rotatable bonds is 6. The van der Waals surface area contributed by atoms with Gasteiger partial charge >= 0.3 is 5.97 Å². The second-order valence-electron chi connectivity index (χ2n) is 4.14. The number of carbonyl (C=O) groups excluding carboxylic acids is 1. The summed E-state index contributed by atoms with van der Waals surface area (Å²) in [6, 6.07) is 0. The highest BCUT2D eigenvalue weighted by molar-refractivity contribution is 5.83. The Morgan fingerprint density at radius 2 is 2.29 bits per heavy atom. The summed E-state index contributed by atoms with van der Waals surface area (Å²) in [6.07, 6.45) is 8.89. The predicted octanol–water partition coefficient (Wildman–Crippen LogP) is 3.36. The standard InChI is InChI=1S/C14H22O3/c1-3-5-6-7-13-10-12(8-9-17-13)11-14(15)16-4-2/h10-11H,3-9H2,1-2H3/b12-11+. The molecule has 0 saturated carbocycles. The largest absolute Gasteiger partial charge is 0.498 e. The molecule has 1 aliphatic rings. The van der Waals surface area contributed by atoms with Gasteiger partial charge < -0.3 is 9.47 Å². The molecule has 0 aromatic rings. The van der Waals surface area contributed by atoms with Crippen molar-refractivity contribution in [3.05, 3.63) is 23.5 Å². The number of ether oxygens (including phenoxy) is 2. The summed E-state index contributed by atoms with van der Waals surface area (Å²) in [5, 5.41) is 0. The zero-order valence-electron chi connectivity index (χ0n) is 10.8. The number of hydrogen-bond acceptors (Lipinski definition) is 3. The summed E-state index contributed by atoms with van der Waals surface area (Å²) >= 11 is 0. The van der Waals surface area contributed by atoms with E-state index < -0.39 is 0 Å². The first-order chi connectivity index (χ1) is 8.26. The van der Waals surface area contributed by atoms with Gasteiger partial charge in [0.1, 0.15) is 0 Å². The average molecular weight is 238 g/mol. The number of allylic oxidation sites excluding steroid dienone is 2. The minimum absolute atomic E-state index is 0.256. The minimum atomic E-state index is -0.256. The first-order valence-electron chi connectivity index (χ1n) is 6.47. The Kier molecular flexibility index (Phi) is 6.45. The van der Waals surface area contributed by atoms with E-state index in [0.717, 1.165) is 30.6 Å². The van der Waals surface area contributed by atoms with Crippen LogP contribution in [0.15, 0.2) is 23.5 Å². The van der Waals surface area contributed by atoms with Gasteiger partial charge in [0.25, 0.3) is 0 Å². The molecule has 17 heavy (non-hydrogen) atoms. The second kappa shape index (κ2) is 7.93. The van der Waals surface area contributed by atoms with Gasteiger partial charge in [-0.15, -0.1) is 0 Å². The SMILES string of the molecule is CCCCCC1=C/C(=C/C(=O)OCC)CCO1. The number of unbranched alkanes of at least 4 members (excludes halogenated alkanes) is 2. The molecule has 96 valence electrons. The van der Waals surface area contributed by atoms with Crippen LogP contribution in [0.5, 0.6) is 0 Å². The smallest absolute Gasteiger partial charge is 0.331 e. The van der Waals surface area contributed by atoms with Crippen molar-refractivity contribution >= 4 is 5.97 Å². The molecule has 1 aliphatic heterocycles. The van der Waals surface area contributed by atoms with Crippen LogP contribution in [0, 0.1) is 0 Å². The summed E-state index contributed by atoms with van der Waals surface area (Å²) < 4.78 is 10.5. The van der Waals surface area contributed by atoms with Gasteiger partial charge in [-0.05, 0) is 25.0 Å². The Labute approximate surface area is 103 Å². The predicted molar refractivity (Wildman–Crippen MR) is 67.5 cm³/mol. The highest BCUT2D eigenvalue weighted by Gasteiger charge is 2.09. The fraction of sp³-hybridized carbons (Fsp3) is 0.643. The monoisotopic (exact) mass is 238 g/mol. The lowest BCUT2D eigenvalue weighted by molar-refractivity contribution is -0.137. The molecule has 0 aromatic heterocycles. The van der Waals surface area contributed by atoms with Crippen LogP contribution in [0.25, 0.3) is 0 Å². The summed E-state index contributed by atoms with van der Waals surface area (Å²) in [7, 11) is 0. The molecule has 0 fully saturated rings. The topological polar surface area (TPSA) is 35.5 Å². The summed E-state index contributed by atoms with van der Waals surface area (Å²) in [5.41, 5.74) is 1.01. The zero-order chi connectivity index (χ0) is 12.5. The van der Waals surface area contributed by atoms with Gasteiger partial charge in [-0.3, -0.25) is 0 Å². The fourth-order valence-corrected chi connectivity index (χ4v) is 1.76. The molecule has 0 bridgehead atoms. The first-order valence-corrected chi connectivity index (χ1v) is 6.47. The van der Waals surface area contributed by atoms with E-state index in [9.17, 15) is 4.79 Å². The van der Waals surface area contributed by atoms with Crippen molar-refractivity contribution in [1.29, 1.82) is 0 Å². The maximum Gasteiger partial charge on any atom is 0.331 e. The lowest BCUT2D eigenvalue weighted by atomic mass is 10.1. The van der Waals surface area contributed by atoms with E-state index in [0.29, 0.717) is 13.2 Å². The van der Waals surface area contributed by atoms with Crippen molar-refractivity contribution in [3.63, 3.8) is 0 Å². The van der Waals surface area contributed by atoms with Gasteiger partial charge in [0.2, 0.25) is 0 Å². The lowest BCUT2D eigenvalue weighted by Gasteiger charge is -2.16. The molecule has 3 nitrogen and oxygen atoms in total. The molecule has 0 aliphatic carbocycles. The first kappa shape index (κ1) is 13.8. The maximum absolute atomic E-state index is 11.3. The molecule has 0 N–H and O–H groups in total. The Morgan fingerprint density at radius 1 is 1.47 bits per heavy atom. The van der Waals surface area contributed by atoms with E-state index in [1.807, 2.05) is 13.0 Å². The van der Waals surface area contributed by atoms with E-state index in [1.165, 1.54) is 12.8 Å². The zero-order valence-corrected chi connectivity index (χ0v) is 10.8. The molecule has 0 amide bonds. The average Bonchev–Trinajstić information content (AvgIpc) is 2.30. The number of esters is 1. The van der Waals surface area contributed by atoms with Crippen LogP contribution >= 0.6 is 0 Å². The van der Waals surface area contributed by atoms with E-state index in [2.05, 4.69) is 6.92 Å². The van der Waals surface area contributed by atoms with E-state index in [4.69, 9.17) is 9.47 Å². The normalized spacial score (nSPS) is 17.5. The molecular weight excluding hydrogens is 216 g/mol. The van der Waals surface area contributed by atoms with Crippen LogP contribution in [-0.2, 0) is 14.3 Å². The van der Waals surface area contributed by atoms with Gasteiger partial charge in [0, 0.05) is 18.9 Å². The molecule has 0 saturated heterocycles. The minimum Gasteiger partial charge on any atom is -0.498 e.